The van der Waals surface area contributed by atoms with Crippen molar-refractivity contribution in [1.29, 1.82) is 0 Å². The molecule has 2 rings (SSSR count). The first kappa shape index (κ1) is 14.3. The highest BCUT2D eigenvalue weighted by molar-refractivity contribution is 7.90. The van der Waals surface area contributed by atoms with Gasteiger partial charge >= 0.3 is 0 Å². The van der Waals surface area contributed by atoms with Gasteiger partial charge in [0, 0.05) is 24.9 Å². The number of carbonyl (C=O) groups is 1. The second kappa shape index (κ2) is 5.48. The van der Waals surface area contributed by atoms with Crippen molar-refractivity contribution >= 4 is 27.3 Å². The molecule has 0 aliphatic carbocycles. The molecule has 0 atom stereocenters. The molecule has 1 aromatic carbocycles. The average molecular weight is 304 g/mol. The second-order valence-electron chi connectivity index (χ2n) is 4.32. The lowest BCUT2D eigenvalue weighted by Gasteiger charge is -2.27. The van der Waals surface area contributed by atoms with Crippen LogP contribution in [0.1, 0.15) is 10.4 Å². The summed E-state index contributed by atoms with van der Waals surface area (Å²) in [6.45, 7) is 2.02. The van der Waals surface area contributed by atoms with Crippen LogP contribution in [0.3, 0.4) is 0 Å². The van der Waals surface area contributed by atoms with E-state index in [0.29, 0.717) is 31.9 Å². The first-order valence-electron chi connectivity index (χ1n) is 5.76. The Hall–Kier alpha value is -1.11. The van der Waals surface area contributed by atoms with E-state index in [2.05, 4.69) is 0 Å². The van der Waals surface area contributed by atoms with E-state index in [0.717, 1.165) is 6.26 Å². The van der Waals surface area contributed by atoms with Crippen LogP contribution >= 0.6 is 11.6 Å². The summed E-state index contributed by atoms with van der Waals surface area (Å²) < 4.78 is 28.3. The molecule has 19 heavy (non-hydrogen) atoms. The molecule has 1 aromatic rings. The first-order chi connectivity index (χ1) is 8.89. The predicted molar refractivity (Wildman–Crippen MR) is 71.3 cm³/mol. The molecule has 1 fully saturated rings. The number of morpholine rings is 1. The highest BCUT2D eigenvalue weighted by Crippen LogP contribution is 2.23. The zero-order valence-corrected chi connectivity index (χ0v) is 12.0. The van der Waals surface area contributed by atoms with Crippen LogP contribution in [-0.4, -0.2) is 51.8 Å². The van der Waals surface area contributed by atoms with Crippen LogP contribution in [0.25, 0.3) is 0 Å². The van der Waals surface area contributed by atoms with Gasteiger partial charge in [-0.15, -0.1) is 0 Å². The molecule has 104 valence electrons. The molecule has 0 radical (unpaired) electrons. The van der Waals surface area contributed by atoms with Gasteiger partial charge in [-0.3, -0.25) is 4.79 Å². The Labute approximate surface area is 117 Å². The Balaban J connectivity index is 2.33. The molecule has 1 aliphatic rings. The molecule has 1 aliphatic heterocycles. The number of benzene rings is 1. The van der Waals surface area contributed by atoms with E-state index in [4.69, 9.17) is 16.3 Å². The fourth-order valence-corrected chi connectivity index (χ4v) is 3.17. The molecule has 1 saturated heterocycles. The summed E-state index contributed by atoms with van der Waals surface area (Å²) in [7, 11) is -3.45. The topological polar surface area (TPSA) is 63.7 Å². The van der Waals surface area contributed by atoms with Crippen molar-refractivity contribution in [3.63, 3.8) is 0 Å². The third-order valence-corrected chi connectivity index (χ3v) is 4.45. The summed E-state index contributed by atoms with van der Waals surface area (Å²) in [6.07, 6.45) is 1.07. The van der Waals surface area contributed by atoms with Gasteiger partial charge in [0.1, 0.15) is 0 Å². The lowest BCUT2D eigenvalue weighted by molar-refractivity contribution is 0.0302. The van der Waals surface area contributed by atoms with Crippen molar-refractivity contribution in [1.82, 2.24) is 4.90 Å². The number of carbonyl (C=O) groups excluding carboxylic acids is 1. The van der Waals surface area contributed by atoms with Gasteiger partial charge in [-0.25, -0.2) is 8.42 Å². The second-order valence-corrected chi connectivity index (χ2v) is 6.71. The third kappa shape index (κ3) is 3.26. The zero-order chi connectivity index (χ0) is 14.0. The van der Waals surface area contributed by atoms with Gasteiger partial charge in [-0.05, 0) is 18.2 Å². The Morgan fingerprint density at radius 3 is 2.53 bits per heavy atom. The molecule has 0 aromatic heterocycles. The fourth-order valence-electron chi connectivity index (χ4n) is 1.87. The summed E-state index contributed by atoms with van der Waals surface area (Å²) in [5.41, 5.74) is 0.326. The quantitative estimate of drug-likeness (QED) is 0.824. The maximum atomic E-state index is 12.2. The van der Waals surface area contributed by atoms with Crippen LogP contribution in [0, 0.1) is 0 Å². The number of rotatable bonds is 2. The molecule has 7 heteroatoms. The molecule has 1 amide bonds. The molecule has 0 unspecified atom stereocenters. The van der Waals surface area contributed by atoms with E-state index in [1.165, 1.54) is 18.2 Å². The molecule has 0 N–H and O–H groups in total. The van der Waals surface area contributed by atoms with Crippen LogP contribution in [0.5, 0.6) is 0 Å². The van der Waals surface area contributed by atoms with Gasteiger partial charge in [-0.1, -0.05) is 11.6 Å². The predicted octanol–water partition coefficient (Wildman–Crippen LogP) is 1.22. The number of sulfone groups is 1. The number of ether oxygens (including phenoxy) is 1. The number of amides is 1. The Morgan fingerprint density at radius 1 is 1.32 bits per heavy atom. The minimum Gasteiger partial charge on any atom is -0.378 e. The van der Waals surface area contributed by atoms with Crippen molar-refractivity contribution in [2.24, 2.45) is 0 Å². The molecule has 1 heterocycles. The standard InChI is InChI=1S/C12H14ClNO4S/c1-19(16,17)11-8-9(2-3-10(11)13)12(15)14-4-6-18-7-5-14/h2-3,8H,4-7H2,1H3. The molecule has 0 bridgehead atoms. The van der Waals surface area contributed by atoms with Gasteiger partial charge in [0.05, 0.1) is 23.1 Å². The van der Waals surface area contributed by atoms with Crippen molar-refractivity contribution in [3.05, 3.63) is 28.8 Å². The first-order valence-corrected chi connectivity index (χ1v) is 8.03. The largest absolute Gasteiger partial charge is 0.378 e. The van der Waals surface area contributed by atoms with Gasteiger partial charge < -0.3 is 9.64 Å². The van der Waals surface area contributed by atoms with Crippen LogP contribution in [0.2, 0.25) is 5.02 Å². The van der Waals surface area contributed by atoms with Crippen molar-refractivity contribution in [3.8, 4) is 0 Å². The van der Waals surface area contributed by atoms with Crippen LogP contribution in [0.15, 0.2) is 23.1 Å². The maximum absolute atomic E-state index is 12.2. The minimum absolute atomic E-state index is 0.0201. The van der Waals surface area contributed by atoms with Crippen LogP contribution in [-0.2, 0) is 14.6 Å². The van der Waals surface area contributed by atoms with E-state index in [1.807, 2.05) is 0 Å². The molecule has 5 nitrogen and oxygen atoms in total. The fraction of sp³-hybridized carbons (Fsp3) is 0.417. The molecule has 0 spiro atoms. The highest BCUT2D eigenvalue weighted by atomic mass is 35.5. The molecular formula is C12H14ClNO4S. The molecular weight excluding hydrogens is 290 g/mol. The molecule has 0 saturated carbocycles. The van der Waals surface area contributed by atoms with Crippen LogP contribution in [0.4, 0.5) is 0 Å². The smallest absolute Gasteiger partial charge is 0.254 e. The van der Waals surface area contributed by atoms with Crippen molar-refractivity contribution in [2.75, 3.05) is 32.6 Å². The van der Waals surface area contributed by atoms with E-state index < -0.39 is 9.84 Å². The van der Waals surface area contributed by atoms with Gasteiger partial charge in [0.15, 0.2) is 9.84 Å². The summed E-state index contributed by atoms with van der Waals surface area (Å²) in [4.78, 5) is 13.8. The Kier molecular flexibility index (Phi) is 4.13. The number of hydrogen-bond acceptors (Lipinski definition) is 4. The zero-order valence-electron chi connectivity index (χ0n) is 10.4. The monoisotopic (exact) mass is 303 g/mol. The van der Waals surface area contributed by atoms with Gasteiger partial charge in [0.2, 0.25) is 0 Å². The summed E-state index contributed by atoms with van der Waals surface area (Å²) in [5.74, 6) is -0.204. The van der Waals surface area contributed by atoms with Crippen molar-refractivity contribution < 1.29 is 17.9 Å². The summed E-state index contributed by atoms with van der Waals surface area (Å²) in [6, 6.07) is 4.30. The number of nitrogens with zero attached hydrogens (tertiary/aromatic N) is 1. The van der Waals surface area contributed by atoms with Crippen LogP contribution < -0.4 is 0 Å². The lowest BCUT2D eigenvalue weighted by Crippen LogP contribution is -2.40. The van der Waals surface area contributed by atoms with E-state index in [-0.39, 0.29) is 15.8 Å². The van der Waals surface area contributed by atoms with Gasteiger partial charge in [-0.2, -0.15) is 0 Å². The highest BCUT2D eigenvalue weighted by Gasteiger charge is 2.21. The lowest BCUT2D eigenvalue weighted by atomic mass is 10.2. The van der Waals surface area contributed by atoms with E-state index in [9.17, 15) is 13.2 Å². The summed E-state index contributed by atoms with van der Waals surface area (Å²) >= 11 is 5.85. The van der Waals surface area contributed by atoms with Crippen molar-refractivity contribution in [2.45, 2.75) is 4.90 Å². The average Bonchev–Trinajstić information content (AvgIpc) is 2.38. The SMILES string of the molecule is CS(=O)(=O)c1cc(C(=O)N2CCOCC2)ccc1Cl. The third-order valence-electron chi connectivity index (χ3n) is 2.88. The summed E-state index contributed by atoms with van der Waals surface area (Å²) in [5, 5.41) is 0.126. The maximum Gasteiger partial charge on any atom is 0.254 e. The normalized spacial score (nSPS) is 16.4. The number of halogens is 1. The number of hydrogen-bond donors (Lipinski definition) is 0. The van der Waals surface area contributed by atoms with E-state index in [1.54, 1.807) is 4.90 Å². The van der Waals surface area contributed by atoms with E-state index >= 15 is 0 Å². The Bertz CT molecular complexity index is 594. The minimum atomic E-state index is -3.45. The van der Waals surface area contributed by atoms with Gasteiger partial charge in [0.25, 0.3) is 5.91 Å². The Morgan fingerprint density at radius 2 is 1.95 bits per heavy atom.